The quantitative estimate of drug-likeness (QED) is 0.758. The molecule has 2 N–H and O–H groups in total. The normalized spacial score (nSPS) is 12.9. The Balaban J connectivity index is 2.76. The van der Waals surface area contributed by atoms with Crippen LogP contribution in [0.25, 0.3) is 0 Å². The molecule has 4 nitrogen and oxygen atoms in total. The first kappa shape index (κ1) is 10.9. The number of ketones is 1. The highest BCUT2D eigenvalue weighted by molar-refractivity contribution is 5.85. The smallest absolute Gasteiger partial charge is 0.155 e. The van der Waals surface area contributed by atoms with E-state index in [0.29, 0.717) is 6.42 Å². The van der Waals surface area contributed by atoms with Crippen molar-refractivity contribution in [2.75, 3.05) is 0 Å². The van der Waals surface area contributed by atoms with E-state index in [2.05, 4.69) is 5.10 Å². The van der Waals surface area contributed by atoms with Gasteiger partial charge < -0.3 is 5.73 Å². The van der Waals surface area contributed by atoms with Gasteiger partial charge in [0.05, 0.1) is 11.7 Å². The molecule has 4 heteroatoms. The van der Waals surface area contributed by atoms with Crippen LogP contribution in [-0.4, -0.2) is 21.6 Å². The highest BCUT2D eigenvalue weighted by Gasteiger charge is 2.12. The molecule has 0 aliphatic heterocycles. The van der Waals surface area contributed by atoms with Gasteiger partial charge in [0.1, 0.15) is 0 Å². The summed E-state index contributed by atoms with van der Waals surface area (Å²) in [6.45, 7) is 3.75. The predicted octanol–water partition coefficient (Wildman–Crippen LogP) is 0.441. The summed E-state index contributed by atoms with van der Waals surface area (Å²) in [5.74, 6) is 0.0515. The van der Waals surface area contributed by atoms with Crippen molar-refractivity contribution in [1.29, 1.82) is 0 Å². The maximum atomic E-state index is 11.4. The number of nitrogens with zero attached hydrogens (tertiary/aromatic N) is 2. The third-order valence-electron chi connectivity index (χ3n) is 2.25. The van der Waals surface area contributed by atoms with E-state index >= 15 is 0 Å². The number of Topliss-reactive ketones (excluding diaryl/α,β-unsaturated/α-hetero) is 1. The van der Waals surface area contributed by atoms with E-state index in [1.165, 1.54) is 0 Å². The van der Waals surface area contributed by atoms with Crippen molar-refractivity contribution >= 4 is 5.78 Å². The topological polar surface area (TPSA) is 60.9 Å². The van der Waals surface area contributed by atoms with Crippen LogP contribution in [0.2, 0.25) is 0 Å². The van der Waals surface area contributed by atoms with Crippen LogP contribution < -0.4 is 5.73 Å². The van der Waals surface area contributed by atoms with Gasteiger partial charge >= 0.3 is 0 Å². The molecule has 1 heterocycles. The van der Waals surface area contributed by atoms with Crippen LogP contribution in [0.3, 0.4) is 0 Å². The molecule has 0 amide bonds. The molecular formula is C10H17N3O. The Hall–Kier alpha value is -1.16. The SMILES string of the molecule is CCc1cc(CC(=O)C(C)N)n(C)n1. The Morgan fingerprint density at radius 2 is 2.36 bits per heavy atom. The molecule has 0 spiro atoms. The molecule has 78 valence electrons. The average molecular weight is 195 g/mol. The van der Waals surface area contributed by atoms with E-state index in [4.69, 9.17) is 5.73 Å². The summed E-state index contributed by atoms with van der Waals surface area (Å²) in [6.07, 6.45) is 1.27. The first-order valence-corrected chi connectivity index (χ1v) is 4.84. The van der Waals surface area contributed by atoms with E-state index in [-0.39, 0.29) is 5.78 Å². The van der Waals surface area contributed by atoms with E-state index in [1.807, 2.05) is 20.0 Å². The summed E-state index contributed by atoms with van der Waals surface area (Å²) in [5, 5.41) is 4.27. The third-order valence-corrected chi connectivity index (χ3v) is 2.25. The predicted molar refractivity (Wildman–Crippen MR) is 54.9 cm³/mol. The third kappa shape index (κ3) is 2.42. The van der Waals surface area contributed by atoms with Gasteiger partial charge in [-0.15, -0.1) is 0 Å². The largest absolute Gasteiger partial charge is 0.322 e. The van der Waals surface area contributed by atoms with E-state index < -0.39 is 6.04 Å². The summed E-state index contributed by atoms with van der Waals surface area (Å²) < 4.78 is 1.75. The molecule has 0 bridgehead atoms. The van der Waals surface area contributed by atoms with Crippen LogP contribution in [0, 0.1) is 0 Å². The highest BCUT2D eigenvalue weighted by atomic mass is 16.1. The standard InChI is InChI=1S/C10H17N3O/c1-4-8-5-9(13(3)12-8)6-10(14)7(2)11/h5,7H,4,6,11H2,1-3H3. The molecule has 0 aliphatic rings. The number of aromatic nitrogens is 2. The minimum atomic E-state index is -0.394. The fraction of sp³-hybridized carbons (Fsp3) is 0.600. The van der Waals surface area contributed by atoms with Crippen LogP contribution in [0.5, 0.6) is 0 Å². The van der Waals surface area contributed by atoms with Crippen LogP contribution in [0.1, 0.15) is 25.2 Å². The molecule has 0 saturated carbocycles. The van der Waals surface area contributed by atoms with E-state index in [1.54, 1.807) is 11.6 Å². The Labute approximate surface area is 84.1 Å². The van der Waals surface area contributed by atoms with Crippen molar-refractivity contribution in [3.63, 3.8) is 0 Å². The molecule has 0 saturated heterocycles. The zero-order valence-corrected chi connectivity index (χ0v) is 8.95. The zero-order chi connectivity index (χ0) is 10.7. The zero-order valence-electron chi connectivity index (χ0n) is 8.95. The number of carbonyl (C=O) groups excluding carboxylic acids is 1. The number of carbonyl (C=O) groups is 1. The summed E-state index contributed by atoms with van der Waals surface area (Å²) in [5.41, 5.74) is 7.44. The van der Waals surface area contributed by atoms with Crippen LogP contribution in [0.15, 0.2) is 6.07 Å². The van der Waals surface area contributed by atoms with Gasteiger partial charge in [-0.25, -0.2) is 0 Å². The fourth-order valence-corrected chi connectivity index (χ4v) is 1.25. The first-order chi connectivity index (χ1) is 6.54. The summed E-state index contributed by atoms with van der Waals surface area (Å²) >= 11 is 0. The molecule has 14 heavy (non-hydrogen) atoms. The number of nitrogens with two attached hydrogens (primary N) is 1. The molecule has 1 aromatic heterocycles. The Kier molecular flexibility index (Phi) is 3.41. The first-order valence-electron chi connectivity index (χ1n) is 4.84. The number of rotatable bonds is 4. The molecule has 1 atom stereocenters. The lowest BCUT2D eigenvalue weighted by atomic mass is 10.1. The van der Waals surface area contributed by atoms with Gasteiger partial charge in [-0.1, -0.05) is 6.92 Å². The fourth-order valence-electron chi connectivity index (χ4n) is 1.25. The second-order valence-electron chi connectivity index (χ2n) is 3.54. The van der Waals surface area contributed by atoms with Gasteiger partial charge in [0.15, 0.2) is 5.78 Å². The molecule has 0 radical (unpaired) electrons. The number of hydrogen-bond acceptors (Lipinski definition) is 3. The summed E-state index contributed by atoms with van der Waals surface area (Å²) in [4.78, 5) is 11.4. The highest BCUT2D eigenvalue weighted by Crippen LogP contribution is 2.05. The maximum absolute atomic E-state index is 11.4. The Bertz CT molecular complexity index is 328. The number of aryl methyl sites for hydroxylation is 2. The van der Waals surface area contributed by atoms with Gasteiger partial charge in [-0.05, 0) is 19.4 Å². The average Bonchev–Trinajstić information content (AvgIpc) is 2.47. The molecular weight excluding hydrogens is 178 g/mol. The van der Waals surface area contributed by atoms with E-state index in [0.717, 1.165) is 17.8 Å². The lowest BCUT2D eigenvalue weighted by Gasteiger charge is -2.03. The lowest BCUT2D eigenvalue weighted by molar-refractivity contribution is -0.119. The molecule has 1 rings (SSSR count). The van der Waals surface area contributed by atoms with Crippen molar-refractivity contribution in [2.45, 2.75) is 32.7 Å². The van der Waals surface area contributed by atoms with Crippen molar-refractivity contribution in [2.24, 2.45) is 12.8 Å². The molecule has 0 aliphatic carbocycles. The van der Waals surface area contributed by atoms with E-state index in [9.17, 15) is 4.79 Å². The van der Waals surface area contributed by atoms with Gasteiger partial charge in [0, 0.05) is 19.2 Å². The summed E-state index contributed by atoms with van der Waals surface area (Å²) in [6, 6.07) is 1.57. The van der Waals surface area contributed by atoms with Gasteiger partial charge in [-0.2, -0.15) is 5.10 Å². The summed E-state index contributed by atoms with van der Waals surface area (Å²) in [7, 11) is 1.85. The van der Waals surface area contributed by atoms with Gasteiger partial charge in [-0.3, -0.25) is 9.48 Å². The maximum Gasteiger partial charge on any atom is 0.155 e. The monoisotopic (exact) mass is 195 g/mol. The molecule has 0 aromatic carbocycles. The molecule has 1 unspecified atom stereocenters. The lowest BCUT2D eigenvalue weighted by Crippen LogP contribution is -2.28. The van der Waals surface area contributed by atoms with Crippen LogP contribution >= 0.6 is 0 Å². The molecule has 0 fully saturated rings. The minimum Gasteiger partial charge on any atom is -0.322 e. The second-order valence-corrected chi connectivity index (χ2v) is 3.54. The van der Waals surface area contributed by atoms with Gasteiger partial charge in [0.2, 0.25) is 0 Å². The van der Waals surface area contributed by atoms with Crippen LogP contribution in [0.4, 0.5) is 0 Å². The Morgan fingerprint density at radius 3 is 2.79 bits per heavy atom. The van der Waals surface area contributed by atoms with Crippen LogP contribution in [-0.2, 0) is 24.7 Å². The van der Waals surface area contributed by atoms with Crippen molar-refractivity contribution in [1.82, 2.24) is 9.78 Å². The number of hydrogen-bond donors (Lipinski definition) is 1. The van der Waals surface area contributed by atoms with Crippen molar-refractivity contribution < 1.29 is 4.79 Å². The Morgan fingerprint density at radius 1 is 1.71 bits per heavy atom. The van der Waals surface area contributed by atoms with Gasteiger partial charge in [0.25, 0.3) is 0 Å². The second kappa shape index (κ2) is 4.37. The minimum absolute atomic E-state index is 0.0515. The van der Waals surface area contributed by atoms with Crippen molar-refractivity contribution in [3.8, 4) is 0 Å². The van der Waals surface area contributed by atoms with Crippen molar-refractivity contribution in [3.05, 3.63) is 17.5 Å². The molecule has 1 aromatic rings.